The number of nitrogens with one attached hydrogen (secondary N) is 2. The molecule has 0 spiro atoms. The van der Waals surface area contributed by atoms with E-state index in [1.165, 1.54) is 6.07 Å². The number of carbonyl (C=O) groups is 1. The molecule has 144 valence electrons. The van der Waals surface area contributed by atoms with Gasteiger partial charge < -0.3 is 19.8 Å². The molecule has 0 aliphatic heterocycles. The molecule has 0 radical (unpaired) electrons. The summed E-state index contributed by atoms with van der Waals surface area (Å²) in [7, 11) is 3.13. The number of benzene rings is 2. The fourth-order valence-electron chi connectivity index (χ4n) is 2.97. The van der Waals surface area contributed by atoms with E-state index in [1.54, 1.807) is 32.4 Å². The highest BCUT2D eigenvalue weighted by molar-refractivity contribution is 5.94. The molecule has 3 rings (SSSR count). The van der Waals surface area contributed by atoms with Crippen molar-refractivity contribution in [2.45, 2.75) is 13.0 Å². The minimum absolute atomic E-state index is 0.0546. The number of hydrogen-bond acceptors (Lipinski definition) is 4. The van der Waals surface area contributed by atoms with Crippen molar-refractivity contribution in [1.29, 1.82) is 0 Å². The van der Waals surface area contributed by atoms with Crippen LogP contribution in [0.5, 0.6) is 11.5 Å². The van der Waals surface area contributed by atoms with Crippen LogP contribution in [-0.2, 0) is 0 Å². The van der Waals surface area contributed by atoms with Gasteiger partial charge in [0, 0.05) is 17.3 Å². The Balaban J connectivity index is 1.80. The number of pyridine rings is 1. The fraction of sp³-hybridized carbons (Fsp3) is 0.182. The first kappa shape index (κ1) is 19.2. The Morgan fingerprint density at radius 3 is 2.39 bits per heavy atom. The first-order valence-corrected chi connectivity index (χ1v) is 8.85. The molecule has 2 N–H and O–H groups in total. The average molecular weight is 378 g/mol. The number of methoxy groups -OCH3 is 2. The van der Waals surface area contributed by atoms with Crippen LogP contribution in [-0.4, -0.2) is 25.1 Å². The summed E-state index contributed by atoms with van der Waals surface area (Å²) in [5.41, 5.74) is 1.94. The highest BCUT2D eigenvalue weighted by Gasteiger charge is 2.18. The summed E-state index contributed by atoms with van der Waals surface area (Å²) in [6, 6.07) is 17.7. The molecular weight excluding hydrogens is 356 g/mol. The van der Waals surface area contributed by atoms with E-state index in [4.69, 9.17) is 9.47 Å². The van der Waals surface area contributed by atoms with Gasteiger partial charge in [-0.2, -0.15) is 0 Å². The number of hydrogen-bond donors (Lipinski definition) is 2. The van der Waals surface area contributed by atoms with Gasteiger partial charge in [0.2, 0.25) is 0 Å². The van der Waals surface area contributed by atoms with Gasteiger partial charge in [-0.05, 0) is 36.8 Å². The SMILES string of the molecule is COc1ccc(C(C)NC(=O)c2ccc(-c3ccccc3)[nH]c2=O)c(OC)c1. The molecule has 3 aromatic rings. The molecule has 1 atom stereocenters. The standard InChI is InChI=1S/C22H22N2O4/c1-14(17-10-9-16(27-2)13-20(17)28-3)23-21(25)18-11-12-19(24-22(18)26)15-7-5-4-6-8-15/h4-14H,1-3H3,(H,23,25)(H,24,26). The summed E-state index contributed by atoms with van der Waals surface area (Å²) in [5.74, 6) is 0.804. The minimum atomic E-state index is -0.453. The topological polar surface area (TPSA) is 80.4 Å². The van der Waals surface area contributed by atoms with Crippen LogP contribution in [0.25, 0.3) is 11.3 Å². The van der Waals surface area contributed by atoms with E-state index in [1.807, 2.05) is 43.3 Å². The van der Waals surface area contributed by atoms with Crippen molar-refractivity contribution in [1.82, 2.24) is 10.3 Å². The largest absolute Gasteiger partial charge is 0.497 e. The molecule has 0 aliphatic rings. The highest BCUT2D eigenvalue weighted by Crippen LogP contribution is 2.29. The van der Waals surface area contributed by atoms with E-state index >= 15 is 0 Å². The Hall–Kier alpha value is -3.54. The molecule has 6 nitrogen and oxygen atoms in total. The van der Waals surface area contributed by atoms with Crippen molar-refractivity contribution in [3.63, 3.8) is 0 Å². The van der Waals surface area contributed by atoms with E-state index < -0.39 is 11.5 Å². The third-order valence-electron chi connectivity index (χ3n) is 4.49. The van der Waals surface area contributed by atoms with Crippen molar-refractivity contribution in [3.8, 4) is 22.8 Å². The van der Waals surface area contributed by atoms with Crippen molar-refractivity contribution in [2.24, 2.45) is 0 Å². The number of H-pyrrole nitrogens is 1. The normalized spacial score (nSPS) is 11.5. The Kier molecular flexibility index (Phi) is 5.79. The highest BCUT2D eigenvalue weighted by atomic mass is 16.5. The molecule has 1 aromatic heterocycles. The Morgan fingerprint density at radius 1 is 1.00 bits per heavy atom. The van der Waals surface area contributed by atoms with Gasteiger partial charge in [-0.1, -0.05) is 30.3 Å². The fourth-order valence-corrected chi connectivity index (χ4v) is 2.97. The maximum absolute atomic E-state index is 12.6. The molecule has 0 fully saturated rings. The molecule has 1 heterocycles. The van der Waals surface area contributed by atoms with E-state index in [9.17, 15) is 9.59 Å². The van der Waals surface area contributed by atoms with Gasteiger partial charge in [0.1, 0.15) is 17.1 Å². The van der Waals surface area contributed by atoms with E-state index in [2.05, 4.69) is 10.3 Å². The quantitative estimate of drug-likeness (QED) is 0.687. The van der Waals surface area contributed by atoms with Gasteiger partial charge in [0.25, 0.3) is 11.5 Å². The van der Waals surface area contributed by atoms with Crippen molar-refractivity contribution in [2.75, 3.05) is 14.2 Å². The van der Waals surface area contributed by atoms with Crippen molar-refractivity contribution in [3.05, 3.63) is 82.1 Å². The zero-order valence-electron chi connectivity index (χ0n) is 16.0. The number of carbonyl (C=O) groups excluding carboxylic acids is 1. The summed E-state index contributed by atoms with van der Waals surface area (Å²) in [5, 5.41) is 2.84. The first-order chi connectivity index (χ1) is 13.5. The third-order valence-corrected chi connectivity index (χ3v) is 4.49. The van der Waals surface area contributed by atoms with E-state index in [0.717, 1.165) is 11.1 Å². The van der Waals surface area contributed by atoms with Crippen LogP contribution >= 0.6 is 0 Å². The average Bonchev–Trinajstić information content (AvgIpc) is 2.73. The second-order valence-corrected chi connectivity index (χ2v) is 6.28. The van der Waals surface area contributed by atoms with Crippen LogP contribution in [0, 0.1) is 0 Å². The van der Waals surface area contributed by atoms with Crippen LogP contribution in [0.15, 0.2) is 65.5 Å². The minimum Gasteiger partial charge on any atom is -0.497 e. The van der Waals surface area contributed by atoms with E-state index in [0.29, 0.717) is 17.2 Å². The summed E-state index contributed by atoms with van der Waals surface area (Å²) in [6.07, 6.45) is 0. The molecule has 0 saturated carbocycles. The smallest absolute Gasteiger partial charge is 0.261 e. The summed E-state index contributed by atoms with van der Waals surface area (Å²) in [6.45, 7) is 1.83. The second kappa shape index (κ2) is 8.43. The molecular formula is C22H22N2O4. The zero-order chi connectivity index (χ0) is 20.1. The first-order valence-electron chi connectivity index (χ1n) is 8.85. The monoisotopic (exact) mass is 378 g/mol. The van der Waals surface area contributed by atoms with Crippen molar-refractivity contribution < 1.29 is 14.3 Å². The lowest BCUT2D eigenvalue weighted by molar-refractivity contribution is 0.0938. The Labute approximate surface area is 163 Å². The number of amides is 1. The lowest BCUT2D eigenvalue weighted by Crippen LogP contribution is -2.31. The van der Waals surface area contributed by atoms with Gasteiger partial charge in [-0.15, -0.1) is 0 Å². The summed E-state index contributed by atoms with van der Waals surface area (Å²) >= 11 is 0. The summed E-state index contributed by atoms with van der Waals surface area (Å²) < 4.78 is 10.6. The second-order valence-electron chi connectivity index (χ2n) is 6.28. The Morgan fingerprint density at radius 2 is 1.75 bits per heavy atom. The third kappa shape index (κ3) is 4.06. The molecule has 6 heteroatoms. The van der Waals surface area contributed by atoms with Gasteiger partial charge in [0.05, 0.1) is 20.3 Å². The number of aromatic amines is 1. The van der Waals surface area contributed by atoms with Crippen LogP contribution in [0.4, 0.5) is 0 Å². The molecule has 1 unspecified atom stereocenters. The predicted molar refractivity (Wildman–Crippen MR) is 108 cm³/mol. The number of rotatable bonds is 6. The molecule has 28 heavy (non-hydrogen) atoms. The molecule has 1 amide bonds. The maximum Gasteiger partial charge on any atom is 0.261 e. The molecule has 0 saturated heterocycles. The lowest BCUT2D eigenvalue weighted by Gasteiger charge is -2.18. The van der Waals surface area contributed by atoms with E-state index in [-0.39, 0.29) is 11.6 Å². The van der Waals surface area contributed by atoms with Crippen LogP contribution in [0.3, 0.4) is 0 Å². The molecule has 0 bridgehead atoms. The van der Waals surface area contributed by atoms with Gasteiger partial charge >= 0.3 is 0 Å². The van der Waals surface area contributed by atoms with Crippen LogP contribution < -0.4 is 20.3 Å². The molecule has 0 aliphatic carbocycles. The summed E-state index contributed by atoms with van der Waals surface area (Å²) in [4.78, 5) is 27.8. The van der Waals surface area contributed by atoms with Gasteiger partial charge in [-0.3, -0.25) is 9.59 Å². The molecule has 2 aromatic carbocycles. The number of aromatic nitrogens is 1. The zero-order valence-corrected chi connectivity index (χ0v) is 16.0. The lowest BCUT2D eigenvalue weighted by atomic mass is 10.1. The Bertz CT molecular complexity index is 1030. The maximum atomic E-state index is 12.6. The predicted octanol–water partition coefficient (Wildman–Crippen LogP) is 3.55. The van der Waals surface area contributed by atoms with Crippen LogP contribution in [0.1, 0.15) is 28.9 Å². The number of ether oxygens (including phenoxy) is 2. The van der Waals surface area contributed by atoms with Crippen molar-refractivity contribution >= 4 is 5.91 Å². The van der Waals surface area contributed by atoms with Crippen LogP contribution in [0.2, 0.25) is 0 Å². The van der Waals surface area contributed by atoms with Gasteiger partial charge in [-0.25, -0.2) is 0 Å². The van der Waals surface area contributed by atoms with Gasteiger partial charge in [0.15, 0.2) is 0 Å².